The van der Waals surface area contributed by atoms with Crippen molar-refractivity contribution in [2.24, 2.45) is 0 Å². The van der Waals surface area contributed by atoms with Gasteiger partial charge in [-0.2, -0.15) is 9.50 Å². The first kappa shape index (κ1) is 22.0. The highest BCUT2D eigenvalue weighted by molar-refractivity contribution is 7.92. The molecule has 0 bridgehead atoms. The van der Waals surface area contributed by atoms with Crippen molar-refractivity contribution in [3.63, 3.8) is 0 Å². The number of hydrogen-bond donors (Lipinski definition) is 0. The molecule has 2 aromatic heterocycles. The molecule has 0 radical (unpaired) electrons. The lowest BCUT2D eigenvalue weighted by Gasteiger charge is -2.21. The van der Waals surface area contributed by atoms with Crippen LogP contribution in [0.1, 0.15) is 28.1 Å². The second-order valence-corrected chi connectivity index (χ2v) is 9.73. The SMILES string of the molecule is C=Cc1ccc(CN(c2nc3nc(C)c(Cl)c(C)n3n2)S(=O)(=O)c2ccc(C)cc2)cc1. The third kappa shape index (κ3) is 3.99. The molecule has 0 N–H and O–H groups in total. The van der Waals surface area contributed by atoms with Gasteiger partial charge in [0.25, 0.3) is 21.7 Å². The molecule has 7 nitrogen and oxygen atoms in total. The van der Waals surface area contributed by atoms with Gasteiger partial charge in [0.15, 0.2) is 0 Å². The van der Waals surface area contributed by atoms with Crippen LogP contribution >= 0.6 is 11.6 Å². The van der Waals surface area contributed by atoms with Crippen molar-refractivity contribution < 1.29 is 8.42 Å². The summed E-state index contributed by atoms with van der Waals surface area (Å²) in [5.41, 5.74) is 3.92. The van der Waals surface area contributed by atoms with Crippen molar-refractivity contribution in [1.29, 1.82) is 0 Å². The van der Waals surface area contributed by atoms with Crippen molar-refractivity contribution in [3.8, 4) is 0 Å². The average Bonchev–Trinajstić information content (AvgIpc) is 3.20. The van der Waals surface area contributed by atoms with Crippen LogP contribution in [0.15, 0.2) is 60.0 Å². The maximum atomic E-state index is 13.6. The van der Waals surface area contributed by atoms with E-state index in [0.29, 0.717) is 16.4 Å². The molecule has 0 spiro atoms. The van der Waals surface area contributed by atoms with Crippen molar-refractivity contribution >= 4 is 39.4 Å². The Labute approximate surface area is 192 Å². The Morgan fingerprint density at radius 1 is 1.03 bits per heavy atom. The fourth-order valence-corrected chi connectivity index (χ4v) is 4.74. The molecule has 4 aromatic rings. The summed E-state index contributed by atoms with van der Waals surface area (Å²) in [6, 6.07) is 14.2. The maximum absolute atomic E-state index is 13.6. The van der Waals surface area contributed by atoms with Gasteiger partial charge in [-0.3, -0.25) is 0 Å². The van der Waals surface area contributed by atoms with Crippen molar-refractivity contribution in [1.82, 2.24) is 19.6 Å². The molecule has 0 fully saturated rings. The van der Waals surface area contributed by atoms with E-state index in [1.54, 1.807) is 44.2 Å². The molecule has 0 aliphatic heterocycles. The molecule has 0 amide bonds. The largest absolute Gasteiger partial charge is 0.267 e. The Hall–Kier alpha value is -3.23. The number of fused-ring (bicyclic) bond motifs is 1. The topological polar surface area (TPSA) is 80.5 Å². The van der Waals surface area contributed by atoms with Crippen LogP contribution < -0.4 is 4.31 Å². The van der Waals surface area contributed by atoms with Crippen molar-refractivity contribution in [3.05, 3.63) is 88.2 Å². The lowest BCUT2D eigenvalue weighted by atomic mass is 10.1. The zero-order valence-electron chi connectivity index (χ0n) is 17.9. The molecule has 0 aliphatic carbocycles. The highest BCUT2D eigenvalue weighted by atomic mass is 35.5. The number of hydrogen-bond acceptors (Lipinski definition) is 5. The molecule has 9 heteroatoms. The zero-order chi connectivity index (χ0) is 23.0. The van der Waals surface area contributed by atoms with Crippen molar-refractivity contribution in [2.45, 2.75) is 32.2 Å². The Bertz CT molecular complexity index is 1410. The molecule has 164 valence electrons. The molecule has 2 heterocycles. The van der Waals surface area contributed by atoms with Gasteiger partial charge in [-0.05, 0) is 44.0 Å². The number of nitrogens with zero attached hydrogens (tertiary/aromatic N) is 5. The molecular weight excluding hydrogens is 446 g/mol. The minimum Gasteiger partial charge on any atom is -0.228 e. The van der Waals surface area contributed by atoms with Gasteiger partial charge in [0, 0.05) is 0 Å². The van der Waals surface area contributed by atoms with Gasteiger partial charge in [-0.15, -0.1) is 5.10 Å². The Morgan fingerprint density at radius 3 is 2.31 bits per heavy atom. The number of halogens is 1. The predicted molar refractivity (Wildman–Crippen MR) is 126 cm³/mol. The lowest BCUT2D eigenvalue weighted by Crippen LogP contribution is -2.31. The normalized spacial score (nSPS) is 11.6. The van der Waals surface area contributed by atoms with Crippen LogP contribution in [-0.4, -0.2) is 28.0 Å². The Balaban J connectivity index is 1.86. The summed E-state index contributed by atoms with van der Waals surface area (Å²) < 4.78 is 29.9. The highest BCUT2D eigenvalue weighted by Gasteiger charge is 2.29. The molecule has 2 aromatic carbocycles. The van der Waals surface area contributed by atoms with Crippen LogP contribution in [-0.2, 0) is 16.6 Å². The number of rotatable bonds is 6. The summed E-state index contributed by atoms with van der Waals surface area (Å²) in [6.45, 7) is 9.27. The summed E-state index contributed by atoms with van der Waals surface area (Å²) in [5.74, 6) is 0.307. The van der Waals surface area contributed by atoms with E-state index in [0.717, 1.165) is 16.7 Å². The van der Waals surface area contributed by atoms with Crippen LogP contribution in [0.4, 0.5) is 5.95 Å². The molecule has 32 heavy (non-hydrogen) atoms. The Morgan fingerprint density at radius 2 is 1.69 bits per heavy atom. The first-order valence-corrected chi connectivity index (χ1v) is 11.7. The molecule has 4 rings (SSSR count). The van der Waals surface area contributed by atoms with Gasteiger partial charge in [0.2, 0.25) is 0 Å². The number of aryl methyl sites for hydroxylation is 3. The van der Waals surface area contributed by atoms with Crippen LogP contribution in [0, 0.1) is 20.8 Å². The van der Waals surface area contributed by atoms with Gasteiger partial charge >= 0.3 is 0 Å². The van der Waals surface area contributed by atoms with Gasteiger partial charge < -0.3 is 0 Å². The highest BCUT2D eigenvalue weighted by Crippen LogP contribution is 2.26. The molecule has 0 unspecified atom stereocenters. The number of sulfonamides is 1. The summed E-state index contributed by atoms with van der Waals surface area (Å²) in [4.78, 5) is 8.94. The zero-order valence-corrected chi connectivity index (χ0v) is 19.5. The average molecular weight is 468 g/mol. The first-order chi connectivity index (χ1) is 15.2. The third-order valence-corrected chi connectivity index (χ3v) is 7.46. The quantitative estimate of drug-likeness (QED) is 0.409. The fraction of sp³-hybridized carbons (Fsp3) is 0.174. The van der Waals surface area contributed by atoms with Crippen LogP contribution in [0.5, 0.6) is 0 Å². The van der Waals surface area contributed by atoms with E-state index in [1.165, 1.54) is 8.82 Å². The molecular formula is C23H22ClN5O2S. The van der Waals surface area contributed by atoms with Gasteiger partial charge in [0.05, 0.1) is 27.9 Å². The first-order valence-electron chi connectivity index (χ1n) is 9.91. The minimum atomic E-state index is -3.95. The number of anilines is 1. The van der Waals surface area contributed by atoms with E-state index in [9.17, 15) is 8.42 Å². The molecule has 0 aliphatic rings. The molecule has 0 saturated carbocycles. The monoisotopic (exact) mass is 467 g/mol. The van der Waals surface area contributed by atoms with E-state index in [2.05, 4.69) is 21.6 Å². The van der Waals surface area contributed by atoms with E-state index in [4.69, 9.17) is 11.6 Å². The van der Waals surface area contributed by atoms with Gasteiger partial charge in [-0.25, -0.2) is 17.7 Å². The van der Waals surface area contributed by atoms with Crippen LogP contribution in [0.3, 0.4) is 0 Å². The van der Waals surface area contributed by atoms with Crippen LogP contribution in [0.2, 0.25) is 5.02 Å². The fourth-order valence-electron chi connectivity index (χ4n) is 3.28. The van der Waals surface area contributed by atoms with Crippen LogP contribution in [0.25, 0.3) is 11.9 Å². The number of aromatic nitrogens is 4. The van der Waals surface area contributed by atoms with Crippen molar-refractivity contribution in [2.75, 3.05) is 4.31 Å². The standard InChI is InChI=1S/C23H22ClN5O2S/c1-5-18-8-10-19(11-9-18)14-28(32(30,31)20-12-6-15(2)7-13-20)23-26-22-25-16(3)21(24)17(4)29(22)27-23/h5-13H,1,14H2,2-4H3. The van der Waals surface area contributed by atoms with E-state index < -0.39 is 10.0 Å². The second-order valence-electron chi connectivity index (χ2n) is 7.49. The predicted octanol–water partition coefficient (Wildman–Crippen LogP) is 4.74. The van der Waals surface area contributed by atoms with E-state index >= 15 is 0 Å². The Kier molecular flexibility index (Phi) is 5.75. The second kappa shape index (κ2) is 8.37. The van der Waals surface area contributed by atoms with Gasteiger partial charge in [0.1, 0.15) is 0 Å². The van der Waals surface area contributed by atoms with E-state index in [-0.39, 0.29) is 23.2 Å². The minimum absolute atomic E-state index is 0.0237. The number of benzene rings is 2. The molecule has 0 atom stereocenters. The van der Waals surface area contributed by atoms with E-state index in [1.807, 2.05) is 31.2 Å². The summed E-state index contributed by atoms with van der Waals surface area (Å²) in [6.07, 6.45) is 1.73. The summed E-state index contributed by atoms with van der Waals surface area (Å²) in [5, 5.41) is 4.90. The maximum Gasteiger partial charge on any atom is 0.267 e. The summed E-state index contributed by atoms with van der Waals surface area (Å²) in [7, 11) is -3.95. The third-order valence-electron chi connectivity index (χ3n) is 5.17. The molecule has 0 saturated heterocycles. The lowest BCUT2D eigenvalue weighted by molar-refractivity contribution is 0.589. The smallest absolute Gasteiger partial charge is 0.228 e. The van der Waals surface area contributed by atoms with Gasteiger partial charge in [-0.1, -0.05) is 66.2 Å². The summed E-state index contributed by atoms with van der Waals surface area (Å²) >= 11 is 6.31.